The maximum atomic E-state index is 16.0. The molecule has 1 unspecified atom stereocenters. The Hall–Kier alpha value is -3.85. The van der Waals surface area contributed by atoms with Gasteiger partial charge in [-0.15, -0.1) is 0 Å². The molecular weight excluding hydrogens is 441 g/mol. The summed E-state index contributed by atoms with van der Waals surface area (Å²) in [4.78, 5) is 41.5. The van der Waals surface area contributed by atoms with Crippen LogP contribution in [0.15, 0.2) is 77.7 Å². The number of alkyl halides is 1. The summed E-state index contributed by atoms with van der Waals surface area (Å²) in [6.07, 6.45) is -1.72. The van der Waals surface area contributed by atoms with Gasteiger partial charge in [0, 0.05) is 11.8 Å². The number of nitrogens with one attached hydrogen (secondary N) is 1. The first-order valence-electron chi connectivity index (χ1n) is 10.9. The van der Waals surface area contributed by atoms with Crippen molar-refractivity contribution in [2.75, 3.05) is 5.32 Å². The lowest BCUT2D eigenvalue weighted by Gasteiger charge is -2.27. The maximum absolute atomic E-state index is 16.0. The highest BCUT2D eigenvalue weighted by atomic mass is 19.1. The summed E-state index contributed by atoms with van der Waals surface area (Å²) in [5.74, 6) is -1.09. The normalized spacial score (nSPS) is 23.9. The number of rotatable bonds is 6. The van der Waals surface area contributed by atoms with E-state index in [2.05, 4.69) is 10.3 Å². The van der Waals surface area contributed by atoms with E-state index < -0.39 is 41.7 Å². The molecule has 1 aliphatic rings. The minimum absolute atomic E-state index is 0.0211. The van der Waals surface area contributed by atoms with Gasteiger partial charge in [-0.05, 0) is 43.7 Å². The van der Waals surface area contributed by atoms with Crippen molar-refractivity contribution >= 4 is 17.7 Å². The number of aromatic nitrogens is 2. The number of hydrogen-bond donors (Lipinski definition) is 1. The lowest BCUT2D eigenvalue weighted by atomic mass is 9.96. The van der Waals surface area contributed by atoms with Gasteiger partial charge in [-0.2, -0.15) is 4.98 Å². The number of carbonyl (C=O) groups is 2. The molecule has 3 aromatic rings. The Morgan fingerprint density at radius 2 is 1.71 bits per heavy atom. The minimum Gasteiger partial charge on any atom is -0.452 e. The number of ether oxygens (including phenoxy) is 2. The topological polar surface area (TPSA) is 99.5 Å². The summed E-state index contributed by atoms with van der Waals surface area (Å²) in [6.45, 7) is 3.00. The Balaban J connectivity index is 1.54. The second-order valence-electron chi connectivity index (χ2n) is 8.10. The van der Waals surface area contributed by atoms with E-state index in [1.165, 1.54) is 19.2 Å². The van der Waals surface area contributed by atoms with Crippen molar-refractivity contribution in [2.24, 2.45) is 0 Å². The molecule has 1 fully saturated rings. The zero-order valence-corrected chi connectivity index (χ0v) is 18.7. The molecule has 1 N–H and O–H groups in total. The number of anilines is 1. The minimum atomic E-state index is -2.22. The number of esters is 1. The van der Waals surface area contributed by atoms with Crippen molar-refractivity contribution in [2.45, 2.75) is 44.4 Å². The van der Waals surface area contributed by atoms with Crippen LogP contribution in [-0.2, 0) is 9.47 Å². The molecule has 0 radical (unpaired) electrons. The van der Waals surface area contributed by atoms with Crippen LogP contribution in [0.1, 0.15) is 47.2 Å². The molecule has 8 nitrogen and oxygen atoms in total. The van der Waals surface area contributed by atoms with Crippen molar-refractivity contribution in [1.29, 1.82) is 0 Å². The second-order valence-corrected chi connectivity index (χ2v) is 8.10. The number of amides is 1. The Morgan fingerprint density at radius 3 is 2.29 bits per heavy atom. The van der Waals surface area contributed by atoms with E-state index in [9.17, 15) is 14.4 Å². The quantitative estimate of drug-likeness (QED) is 0.557. The van der Waals surface area contributed by atoms with Crippen LogP contribution in [0.2, 0.25) is 0 Å². The molecule has 0 bridgehead atoms. The average Bonchev–Trinajstić information content (AvgIpc) is 3.09. The lowest BCUT2D eigenvalue weighted by molar-refractivity contribution is -0.0518. The van der Waals surface area contributed by atoms with Gasteiger partial charge in [-0.3, -0.25) is 9.36 Å². The highest BCUT2D eigenvalue weighted by Crippen LogP contribution is 2.43. The van der Waals surface area contributed by atoms with Crippen molar-refractivity contribution in [1.82, 2.24) is 9.55 Å². The summed E-state index contributed by atoms with van der Waals surface area (Å²) >= 11 is 0. The molecule has 0 spiro atoms. The largest absolute Gasteiger partial charge is 0.452 e. The van der Waals surface area contributed by atoms with Gasteiger partial charge in [0.05, 0.1) is 5.56 Å². The van der Waals surface area contributed by atoms with Gasteiger partial charge in [0.15, 0.2) is 18.0 Å². The Kier molecular flexibility index (Phi) is 6.56. The number of benzene rings is 2. The Labute approximate surface area is 195 Å². The van der Waals surface area contributed by atoms with Crippen LogP contribution >= 0.6 is 0 Å². The van der Waals surface area contributed by atoms with Crippen molar-refractivity contribution in [3.63, 3.8) is 0 Å². The van der Waals surface area contributed by atoms with E-state index >= 15 is 4.39 Å². The van der Waals surface area contributed by atoms with Gasteiger partial charge in [-0.25, -0.2) is 14.0 Å². The molecule has 1 amide bonds. The number of halogens is 1. The van der Waals surface area contributed by atoms with Gasteiger partial charge in [0.25, 0.3) is 5.91 Å². The first-order chi connectivity index (χ1) is 16.3. The standard InChI is InChI=1S/C25H24FN3O5/c1-3-18-20(34-22(31)17-12-8-5-9-13-17)25(2,26)23(33-18)29-15-14-19(28-24(29)32)27-21(30)16-10-6-4-7-11-16/h4-15,18,20,23H,3H2,1-2H3,(H,27,28,30,32)/t18-,20?,23-,25-/m1/s1. The summed E-state index contributed by atoms with van der Waals surface area (Å²) < 4.78 is 28.3. The van der Waals surface area contributed by atoms with Crippen LogP contribution < -0.4 is 11.0 Å². The molecule has 176 valence electrons. The van der Waals surface area contributed by atoms with Crippen LogP contribution in [0.4, 0.5) is 10.2 Å². The molecule has 0 saturated carbocycles. The molecule has 1 aliphatic heterocycles. The van der Waals surface area contributed by atoms with Crippen molar-refractivity contribution in [3.8, 4) is 0 Å². The number of hydrogen-bond acceptors (Lipinski definition) is 6. The van der Waals surface area contributed by atoms with Gasteiger partial charge < -0.3 is 14.8 Å². The fourth-order valence-corrected chi connectivity index (χ4v) is 3.91. The van der Waals surface area contributed by atoms with Crippen LogP contribution in [0, 0.1) is 0 Å². The van der Waals surface area contributed by atoms with E-state index in [1.54, 1.807) is 67.6 Å². The first kappa shape index (κ1) is 23.3. The Bertz CT molecular complexity index is 1230. The fourth-order valence-electron chi connectivity index (χ4n) is 3.91. The van der Waals surface area contributed by atoms with Crippen LogP contribution in [0.5, 0.6) is 0 Å². The van der Waals surface area contributed by atoms with Gasteiger partial charge in [-0.1, -0.05) is 43.3 Å². The second kappa shape index (κ2) is 9.56. The smallest absolute Gasteiger partial charge is 0.351 e. The van der Waals surface area contributed by atoms with Crippen LogP contribution in [0.3, 0.4) is 0 Å². The predicted molar refractivity (Wildman–Crippen MR) is 122 cm³/mol. The van der Waals surface area contributed by atoms with E-state index in [0.717, 1.165) is 4.57 Å². The summed E-state index contributed by atoms with van der Waals surface area (Å²) in [7, 11) is 0. The van der Waals surface area contributed by atoms with Gasteiger partial charge >= 0.3 is 11.7 Å². The van der Waals surface area contributed by atoms with Crippen molar-refractivity contribution < 1.29 is 23.5 Å². The number of carbonyl (C=O) groups excluding carboxylic acids is 2. The summed E-state index contributed by atoms with van der Waals surface area (Å²) in [6, 6.07) is 18.1. The van der Waals surface area contributed by atoms with Crippen LogP contribution in [0.25, 0.3) is 0 Å². The molecule has 9 heteroatoms. The van der Waals surface area contributed by atoms with Crippen LogP contribution in [-0.4, -0.2) is 39.3 Å². The molecular formula is C25H24FN3O5. The maximum Gasteiger partial charge on any atom is 0.351 e. The molecule has 2 heterocycles. The highest BCUT2D eigenvalue weighted by Gasteiger charge is 2.57. The predicted octanol–water partition coefficient (Wildman–Crippen LogP) is 3.76. The lowest BCUT2D eigenvalue weighted by Crippen LogP contribution is -2.44. The molecule has 4 rings (SSSR count). The van der Waals surface area contributed by atoms with E-state index in [-0.39, 0.29) is 11.4 Å². The van der Waals surface area contributed by atoms with Crippen molar-refractivity contribution in [3.05, 3.63) is 94.5 Å². The summed E-state index contributed by atoms with van der Waals surface area (Å²) in [5.41, 5.74) is -2.35. The van der Waals surface area contributed by atoms with Gasteiger partial charge in [0.2, 0.25) is 0 Å². The fraction of sp³-hybridized carbons (Fsp3) is 0.280. The molecule has 0 aliphatic carbocycles. The zero-order chi connectivity index (χ0) is 24.3. The van der Waals surface area contributed by atoms with E-state index in [1.807, 2.05) is 0 Å². The first-order valence-corrected chi connectivity index (χ1v) is 10.9. The molecule has 1 saturated heterocycles. The third-order valence-corrected chi connectivity index (χ3v) is 5.69. The molecule has 2 aromatic carbocycles. The third-order valence-electron chi connectivity index (χ3n) is 5.69. The highest BCUT2D eigenvalue weighted by molar-refractivity contribution is 6.03. The zero-order valence-electron chi connectivity index (χ0n) is 18.7. The molecule has 4 atom stereocenters. The molecule has 1 aromatic heterocycles. The summed E-state index contributed by atoms with van der Waals surface area (Å²) in [5, 5.41) is 2.54. The third kappa shape index (κ3) is 4.60. The van der Waals surface area contributed by atoms with E-state index in [4.69, 9.17) is 9.47 Å². The number of nitrogens with zero attached hydrogens (tertiary/aromatic N) is 2. The average molecular weight is 465 g/mol. The van der Waals surface area contributed by atoms with E-state index in [0.29, 0.717) is 12.0 Å². The molecule has 34 heavy (non-hydrogen) atoms. The van der Waals surface area contributed by atoms with Gasteiger partial charge in [0.1, 0.15) is 11.9 Å². The SMILES string of the molecule is CC[C@H]1O[C@@H](n2ccc(NC(=O)c3ccccc3)nc2=O)[C@](C)(F)C1OC(=O)c1ccccc1. The Morgan fingerprint density at radius 1 is 1.09 bits per heavy atom. The monoisotopic (exact) mass is 465 g/mol.